The highest BCUT2D eigenvalue weighted by Gasteiger charge is 2.32. The zero-order valence-corrected chi connectivity index (χ0v) is 9.87. The van der Waals surface area contributed by atoms with E-state index >= 15 is 0 Å². The molecule has 0 bridgehead atoms. The van der Waals surface area contributed by atoms with Gasteiger partial charge in [-0.3, -0.25) is 4.79 Å². The first-order valence-electron chi connectivity index (χ1n) is 6.08. The van der Waals surface area contributed by atoms with Crippen LogP contribution in [0, 0.1) is 0 Å². The molecule has 1 aromatic carbocycles. The van der Waals surface area contributed by atoms with Crippen LogP contribution in [0.3, 0.4) is 0 Å². The molecule has 0 radical (unpaired) electrons. The van der Waals surface area contributed by atoms with Crippen molar-refractivity contribution in [3.63, 3.8) is 0 Å². The second-order valence-corrected chi connectivity index (χ2v) is 4.53. The van der Waals surface area contributed by atoms with E-state index in [0.29, 0.717) is 18.6 Å². The van der Waals surface area contributed by atoms with Gasteiger partial charge in [0.15, 0.2) is 5.58 Å². The summed E-state index contributed by atoms with van der Waals surface area (Å²) in [6.07, 6.45) is 2.27. The molecule has 0 amide bonds. The first kappa shape index (κ1) is 11.1. The van der Waals surface area contributed by atoms with Crippen molar-refractivity contribution in [3.05, 3.63) is 24.3 Å². The number of aromatic nitrogens is 1. The minimum Gasteiger partial charge on any atom is -0.481 e. The summed E-state index contributed by atoms with van der Waals surface area (Å²) < 4.78 is 5.69. The molecule has 0 atom stereocenters. The van der Waals surface area contributed by atoms with Crippen LogP contribution in [0.25, 0.3) is 11.1 Å². The largest absolute Gasteiger partial charge is 0.481 e. The van der Waals surface area contributed by atoms with E-state index < -0.39 is 5.97 Å². The Kier molecular flexibility index (Phi) is 2.66. The molecule has 1 N–H and O–H groups in total. The van der Waals surface area contributed by atoms with Crippen molar-refractivity contribution in [2.45, 2.75) is 25.3 Å². The number of fused-ring (bicyclic) bond motifs is 1. The Morgan fingerprint density at radius 2 is 2.22 bits per heavy atom. The SMILES string of the molecule is O=C(O)CCN(c1nc2ccccc2o1)C1CC1. The number of rotatable bonds is 5. The van der Waals surface area contributed by atoms with Crippen LogP contribution in [0.2, 0.25) is 0 Å². The van der Waals surface area contributed by atoms with Crippen molar-refractivity contribution >= 4 is 23.1 Å². The molecule has 5 nitrogen and oxygen atoms in total. The van der Waals surface area contributed by atoms with Gasteiger partial charge in [-0.2, -0.15) is 4.98 Å². The minimum atomic E-state index is -0.795. The van der Waals surface area contributed by atoms with E-state index in [-0.39, 0.29) is 6.42 Å². The molecule has 1 aromatic heterocycles. The van der Waals surface area contributed by atoms with E-state index in [4.69, 9.17) is 9.52 Å². The van der Waals surface area contributed by atoms with Gasteiger partial charge in [-0.1, -0.05) is 12.1 Å². The third-order valence-corrected chi connectivity index (χ3v) is 3.08. The highest BCUT2D eigenvalue weighted by molar-refractivity contribution is 5.74. The van der Waals surface area contributed by atoms with Gasteiger partial charge in [-0.25, -0.2) is 0 Å². The second kappa shape index (κ2) is 4.33. The number of nitrogens with zero attached hydrogens (tertiary/aromatic N) is 2. The maximum Gasteiger partial charge on any atom is 0.305 e. The molecule has 1 heterocycles. The van der Waals surface area contributed by atoms with Gasteiger partial charge in [0.1, 0.15) is 5.52 Å². The lowest BCUT2D eigenvalue weighted by Crippen LogP contribution is -2.28. The van der Waals surface area contributed by atoms with Gasteiger partial charge in [0.05, 0.1) is 6.42 Å². The molecule has 18 heavy (non-hydrogen) atoms. The van der Waals surface area contributed by atoms with Crippen LogP contribution in [0.5, 0.6) is 0 Å². The predicted molar refractivity (Wildman–Crippen MR) is 66.6 cm³/mol. The second-order valence-electron chi connectivity index (χ2n) is 4.53. The highest BCUT2D eigenvalue weighted by atomic mass is 16.4. The average molecular weight is 246 g/mol. The smallest absolute Gasteiger partial charge is 0.305 e. The van der Waals surface area contributed by atoms with Crippen LogP contribution in [0.1, 0.15) is 19.3 Å². The molecular weight excluding hydrogens is 232 g/mol. The number of aliphatic carboxylic acids is 1. The Balaban J connectivity index is 1.86. The van der Waals surface area contributed by atoms with Crippen LogP contribution >= 0.6 is 0 Å². The summed E-state index contributed by atoms with van der Waals surface area (Å²) in [4.78, 5) is 17.1. The van der Waals surface area contributed by atoms with Crippen molar-refractivity contribution in [1.82, 2.24) is 4.98 Å². The summed E-state index contributed by atoms with van der Waals surface area (Å²) in [5, 5.41) is 8.77. The fourth-order valence-electron chi connectivity index (χ4n) is 2.02. The van der Waals surface area contributed by atoms with E-state index in [9.17, 15) is 4.79 Å². The normalized spacial score (nSPS) is 14.9. The van der Waals surface area contributed by atoms with E-state index in [1.165, 1.54) is 0 Å². The molecule has 1 fully saturated rings. The number of anilines is 1. The van der Waals surface area contributed by atoms with Crippen molar-refractivity contribution in [2.75, 3.05) is 11.4 Å². The number of para-hydroxylation sites is 2. The first-order valence-corrected chi connectivity index (χ1v) is 6.08. The Hall–Kier alpha value is -2.04. The summed E-state index contributed by atoms with van der Waals surface area (Å²) in [5.41, 5.74) is 1.56. The quantitative estimate of drug-likeness (QED) is 0.876. The zero-order valence-electron chi connectivity index (χ0n) is 9.87. The third-order valence-electron chi connectivity index (χ3n) is 3.08. The maximum atomic E-state index is 10.7. The summed E-state index contributed by atoms with van der Waals surface area (Å²) in [6, 6.07) is 8.50. The number of carboxylic acid groups (broad SMARTS) is 1. The van der Waals surface area contributed by atoms with Crippen LogP contribution in [-0.2, 0) is 4.79 Å². The molecule has 0 aliphatic heterocycles. The van der Waals surface area contributed by atoms with Crippen LogP contribution in [0.15, 0.2) is 28.7 Å². The Labute approximate surface area is 104 Å². The van der Waals surface area contributed by atoms with Gasteiger partial charge in [0, 0.05) is 12.6 Å². The summed E-state index contributed by atoms with van der Waals surface area (Å²) in [6.45, 7) is 0.451. The van der Waals surface area contributed by atoms with Crippen molar-refractivity contribution in [2.24, 2.45) is 0 Å². The zero-order chi connectivity index (χ0) is 12.5. The number of carboxylic acids is 1. The average Bonchev–Trinajstić information content (AvgIpc) is 3.08. The van der Waals surface area contributed by atoms with E-state index in [0.717, 1.165) is 23.9 Å². The molecular formula is C13H14N2O3. The lowest BCUT2D eigenvalue weighted by molar-refractivity contribution is -0.136. The number of hydrogen-bond acceptors (Lipinski definition) is 4. The molecule has 0 spiro atoms. The summed E-state index contributed by atoms with van der Waals surface area (Å²) in [7, 11) is 0. The Morgan fingerprint density at radius 1 is 1.44 bits per heavy atom. The summed E-state index contributed by atoms with van der Waals surface area (Å²) in [5.74, 6) is -0.795. The highest BCUT2D eigenvalue weighted by Crippen LogP contribution is 2.32. The van der Waals surface area contributed by atoms with Crippen LogP contribution < -0.4 is 4.90 Å². The molecule has 0 saturated heterocycles. The molecule has 1 saturated carbocycles. The third kappa shape index (κ3) is 2.16. The lowest BCUT2D eigenvalue weighted by atomic mass is 10.3. The molecule has 1 aliphatic rings. The van der Waals surface area contributed by atoms with Gasteiger partial charge in [0.2, 0.25) is 0 Å². The fourth-order valence-corrected chi connectivity index (χ4v) is 2.02. The Morgan fingerprint density at radius 3 is 2.89 bits per heavy atom. The lowest BCUT2D eigenvalue weighted by Gasteiger charge is -2.18. The molecule has 1 aliphatic carbocycles. The van der Waals surface area contributed by atoms with Crippen LogP contribution in [-0.4, -0.2) is 28.6 Å². The van der Waals surface area contributed by atoms with Crippen molar-refractivity contribution in [3.8, 4) is 0 Å². The van der Waals surface area contributed by atoms with Crippen molar-refractivity contribution < 1.29 is 14.3 Å². The van der Waals surface area contributed by atoms with Gasteiger partial charge in [-0.15, -0.1) is 0 Å². The number of benzene rings is 1. The van der Waals surface area contributed by atoms with Crippen LogP contribution in [0.4, 0.5) is 6.01 Å². The standard InChI is InChI=1S/C13H14N2O3/c16-12(17)7-8-15(9-5-6-9)13-14-10-3-1-2-4-11(10)18-13/h1-4,9H,5-8H2,(H,16,17). The topological polar surface area (TPSA) is 66.6 Å². The number of carbonyl (C=O) groups is 1. The first-order chi connectivity index (χ1) is 8.74. The van der Waals surface area contributed by atoms with Crippen molar-refractivity contribution in [1.29, 1.82) is 0 Å². The fraction of sp³-hybridized carbons (Fsp3) is 0.385. The molecule has 3 rings (SSSR count). The van der Waals surface area contributed by atoms with Gasteiger partial charge in [-0.05, 0) is 25.0 Å². The van der Waals surface area contributed by atoms with Gasteiger partial charge >= 0.3 is 5.97 Å². The molecule has 2 aromatic rings. The molecule has 0 unspecified atom stereocenters. The van der Waals surface area contributed by atoms with Gasteiger partial charge < -0.3 is 14.4 Å². The maximum absolute atomic E-state index is 10.7. The van der Waals surface area contributed by atoms with E-state index in [2.05, 4.69) is 4.98 Å². The van der Waals surface area contributed by atoms with E-state index in [1.54, 1.807) is 0 Å². The predicted octanol–water partition coefficient (Wildman–Crippen LogP) is 2.27. The summed E-state index contributed by atoms with van der Waals surface area (Å²) >= 11 is 0. The number of oxazole rings is 1. The molecule has 5 heteroatoms. The van der Waals surface area contributed by atoms with Gasteiger partial charge in [0.25, 0.3) is 6.01 Å². The molecule has 94 valence electrons. The Bertz CT molecular complexity index is 541. The monoisotopic (exact) mass is 246 g/mol. The van der Waals surface area contributed by atoms with E-state index in [1.807, 2.05) is 29.2 Å². The number of hydrogen-bond donors (Lipinski definition) is 1. The minimum absolute atomic E-state index is 0.106.